The maximum Gasteiger partial charge on any atom is 0.271 e. The number of amides is 2. The highest BCUT2D eigenvalue weighted by Crippen LogP contribution is 2.40. The molecule has 0 unspecified atom stereocenters. The summed E-state index contributed by atoms with van der Waals surface area (Å²) in [5.74, 6) is 1.70. The van der Waals surface area contributed by atoms with Crippen LogP contribution >= 0.6 is 0 Å². The Labute approximate surface area is 277 Å². The van der Waals surface area contributed by atoms with Gasteiger partial charge in [-0.3, -0.25) is 9.59 Å². The molecule has 2 saturated carbocycles. The van der Waals surface area contributed by atoms with Crippen molar-refractivity contribution in [3.8, 4) is 5.75 Å². The van der Waals surface area contributed by atoms with E-state index >= 15 is 0 Å². The first kappa shape index (κ1) is 31.4. The van der Waals surface area contributed by atoms with E-state index in [1.165, 1.54) is 44.1 Å². The van der Waals surface area contributed by atoms with Gasteiger partial charge in [-0.2, -0.15) is 0 Å². The molecule has 10 nitrogen and oxygen atoms in total. The van der Waals surface area contributed by atoms with Gasteiger partial charge in [-0.25, -0.2) is 9.97 Å². The fourth-order valence-electron chi connectivity index (χ4n) is 7.59. The van der Waals surface area contributed by atoms with Crippen molar-refractivity contribution in [3.63, 3.8) is 0 Å². The van der Waals surface area contributed by atoms with E-state index in [-0.39, 0.29) is 29.8 Å². The molecule has 47 heavy (non-hydrogen) atoms. The number of nitrogens with one attached hydrogen (secondary N) is 2. The quantitative estimate of drug-likeness (QED) is 0.256. The molecule has 4 N–H and O–H groups in total. The van der Waals surface area contributed by atoms with Crippen LogP contribution in [0.4, 0.5) is 17.3 Å². The normalized spacial score (nSPS) is 22.6. The minimum absolute atomic E-state index is 0.0264. The zero-order valence-electron chi connectivity index (χ0n) is 27.4. The summed E-state index contributed by atoms with van der Waals surface area (Å²) in [6.07, 6.45) is 13.6. The molecule has 3 aromatic rings. The number of hydrogen-bond donors (Lipinski definition) is 3. The van der Waals surface area contributed by atoms with E-state index < -0.39 is 5.91 Å². The first-order valence-electron chi connectivity index (χ1n) is 17.5. The van der Waals surface area contributed by atoms with E-state index in [0.29, 0.717) is 23.1 Å². The predicted octanol–water partition coefficient (Wildman–Crippen LogP) is 5.77. The first-order chi connectivity index (χ1) is 22.9. The molecule has 2 atom stereocenters. The number of carbonyl (C=O) groups is 2. The third kappa shape index (κ3) is 7.38. The number of nitrogens with zero attached hydrogens (tertiary/aromatic N) is 4. The molecular weight excluding hydrogens is 590 g/mol. The molecule has 0 bridgehead atoms. The van der Waals surface area contributed by atoms with Gasteiger partial charge in [0.2, 0.25) is 0 Å². The number of ether oxygens (including phenoxy) is 1. The number of aromatic nitrogens is 2. The van der Waals surface area contributed by atoms with Crippen molar-refractivity contribution in [2.75, 3.05) is 29.9 Å². The minimum Gasteiger partial charge on any atom is -0.490 e. The topological polar surface area (TPSA) is 126 Å². The Bertz CT molecular complexity index is 1550. The highest BCUT2D eigenvalue weighted by Gasteiger charge is 2.32. The molecule has 10 heteroatoms. The van der Waals surface area contributed by atoms with Crippen LogP contribution in [0.15, 0.2) is 54.7 Å². The minimum atomic E-state index is -0.653. The molecule has 2 aliphatic carbocycles. The van der Waals surface area contributed by atoms with E-state index in [2.05, 4.69) is 44.5 Å². The molecular formula is C37H47N7O3. The average molecular weight is 638 g/mol. The fraction of sp³-hybridized carbons (Fsp3) is 0.514. The number of nitrogens with two attached hydrogens (primary N) is 1. The third-order valence-corrected chi connectivity index (χ3v) is 10.6. The predicted molar refractivity (Wildman–Crippen MR) is 183 cm³/mol. The van der Waals surface area contributed by atoms with Crippen molar-refractivity contribution in [3.05, 3.63) is 71.5 Å². The molecule has 2 amide bonds. The monoisotopic (exact) mass is 637 g/mol. The van der Waals surface area contributed by atoms with Crippen molar-refractivity contribution in [2.45, 2.75) is 101 Å². The summed E-state index contributed by atoms with van der Waals surface area (Å²) >= 11 is 0. The number of benzene rings is 2. The summed E-state index contributed by atoms with van der Waals surface area (Å²) in [6.45, 7) is 5.07. The lowest BCUT2D eigenvalue weighted by atomic mass is 9.97. The van der Waals surface area contributed by atoms with Crippen molar-refractivity contribution >= 4 is 29.1 Å². The maximum atomic E-state index is 13.1. The summed E-state index contributed by atoms with van der Waals surface area (Å²) < 4.78 is 6.33. The Hall–Kier alpha value is -4.18. The second-order valence-corrected chi connectivity index (χ2v) is 13.8. The number of rotatable bonds is 10. The zero-order valence-corrected chi connectivity index (χ0v) is 27.4. The number of likely N-dealkylation sites (tertiary alicyclic amines) is 1. The molecule has 2 aliphatic heterocycles. The van der Waals surface area contributed by atoms with Gasteiger partial charge in [-0.05, 0) is 106 Å². The Kier molecular flexibility index (Phi) is 9.29. The zero-order chi connectivity index (χ0) is 32.3. The van der Waals surface area contributed by atoms with Crippen LogP contribution in [0.5, 0.6) is 5.75 Å². The molecule has 2 saturated heterocycles. The highest BCUT2D eigenvalue weighted by atomic mass is 16.5. The number of anilines is 3. The van der Waals surface area contributed by atoms with E-state index in [1.807, 2.05) is 36.4 Å². The van der Waals surface area contributed by atoms with Crippen LogP contribution in [0.25, 0.3) is 0 Å². The molecule has 7 rings (SSSR count). The van der Waals surface area contributed by atoms with Gasteiger partial charge in [0, 0.05) is 49.0 Å². The Morgan fingerprint density at radius 3 is 2.28 bits per heavy atom. The first-order valence-corrected chi connectivity index (χ1v) is 17.5. The van der Waals surface area contributed by atoms with Crippen LogP contribution in [-0.4, -0.2) is 70.5 Å². The van der Waals surface area contributed by atoms with Gasteiger partial charge in [0.05, 0.1) is 6.20 Å². The summed E-state index contributed by atoms with van der Waals surface area (Å²) in [7, 11) is 0. The molecule has 4 fully saturated rings. The van der Waals surface area contributed by atoms with Gasteiger partial charge >= 0.3 is 0 Å². The summed E-state index contributed by atoms with van der Waals surface area (Å²) in [4.78, 5) is 39.5. The van der Waals surface area contributed by atoms with Crippen LogP contribution in [0.2, 0.25) is 0 Å². The number of piperidine rings is 2. The number of primary amides is 1. The fourth-order valence-corrected chi connectivity index (χ4v) is 7.59. The van der Waals surface area contributed by atoms with E-state index in [0.717, 1.165) is 62.8 Å². The second kappa shape index (κ2) is 13.9. The number of carbonyl (C=O) groups excluding carboxylic acids is 2. The maximum absolute atomic E-state index is 13.1. The van der Waals surface area contributed by atoms with Crippen LogP contribution in [0.3, 0.4) is 0 Å². The van der Waals surface area contributed by atoms with Crippen LogP contribution in [0, 0.1) is 0 Å². The average Bonchev–Trinajstić information content (AvgIpc) is 3.80. The van der Waals surface area contributed by atoms with Gasteiger partial charge < -0.3 is 30.9 Å². The summed E-state index contributed by atoms with van der Waals surface area (Å²) in [5.41, 5.74) is 8.52. The SMILES string of the molecule is C[C@@H]1[C@H](NC(=O)c2ccc(C3CC3)cc2)CCCN1c1cnc(C(N)=O)c(Nc2ccc(OC3CCN(C4CCCC4)CC3)cc2)n1. The van der Waals surface area contributed by atoms with E-state index in [9.17, 15) is 9.59 Å². The molecule has 3 heterocycles. The van der Waals surface area contributed by atoms with E-state index in [4.69, 9.17) is 15.5 Å². The third-order valence-electron chi connectivity index (χ3n) is 10.6. The standard InChI is InChI=1S/C37H47N7O3/c1-24-32(41-37(46)27-12-10-26(11-13-27)25-8-9-25)7-4-20-44(24)33-23-39-34(35(38)45)36(42-33)40-28-14-16-30(17-15-28)47-31-18-21-43(22-19-31)29-5-2-3-6-29/h10-17,23-25,29,31-32H,2-9,18-22H2,1H3,(H2,38,45)(H,40,42)(H,41,46)/t24-,32-/m1/s1. The number of hydrogen-bond acceptors (Lipinski definition) is 8. The van der Waals surface area contributed by atoms with Gasteiger partial charge in [0.15, 0.2) is 11.5 Å². The molecule has 0 radical (unpaired) electrons. The van der Waals surface area contributed by atoms with Crippen molar-refractivity contribution in [2.24, 2.45) is 5.73 Å². The smallest absolute Gasteiger partial charge is 0.271 e. The van der Waals surface area contributed by atoms with Gasteiger partial charge in [0.1, 0.15) is 17.7 Å². The van der Waals surface area contributed by atoms with E-state index in [1.54, 1.807) is 6.20 Å². The van der Waals surface area contributed by atoms with Crippen molar-refractivity contribution in [1.82, 2.24) is 20.2 Å². The molecule has 248 valence electrons. The summed E-state index contributed by atoms with van der Waals surface area (Å²) in [6, 6.07) is 16.5. The Morgan fingerprint density at radius 1 is 0.872 bits per heavy atom. The molecule has 2 aromatic carbocycles. The largest absolute Gasteiger partial charge is 0.490 e. The van der Waals surface area contributed by atoms with Gasteiger partial charge in [0.25, 0.3) is 11.8 Å². The molecule has 0 spiro atoms. The lowest BCUT2D eigenvalue weighted by Crippen LogP contribution is -2.54. The van der Waals surface area contributed by atoms with Crippen molar-refractivity contribution < 1.29 is 14.3 Å². The lowest BCUT2D eigenvalue weighted by molar-refractivity contribution is 0.0768. The van der Waals surface area contributed by atoms with Crippen LogP contribution in [-0.2, 0) is 0 Å². The van der Waals surface area contributed by atoms with Crippen LogP contribution in [0.1, 0.15) is 103 Å². The van der Waals surface area contributed by atoms with Crippen LogP contribution < -0.4 is 26.0 Å². The Balaban J connectivity index is 0.983. The van der Waals surface area contributed by atoms with Gasteiger partial charge in [-0.1, -0.05) is 25.0 Å². The van der Waals surface area contributed by atoms with Gasteiger partial charge in [-0.15, -0.1) is 0 Å². The molecule has 1 aromatic heterocycles. The Morgan fingerprint density at radius 2 is 1.60 bits per heavy atom. The molecule has 4 aliphatic rings. The van der Waals surface area contributed by atoms with Crippen molar-refractivity contribution in [1.29, 1.82) is 0 Å². The second-order valence-electron chi connectivity index (χ2n) is 13.8. The summed E-state index contributed by atoms with van der Waals surface area (Å²) in [5, 5.41) is 6.51. The highest BCUT2D eigenvalue weighted by molar-refractivity contribution is 5.96. The lowest BCUT2D eigenvalue weighted by Gasteiger charge is -2.40.